The van der Waals surface area contributed by atoms with E-state index >= 15 is 0 Å². The number of hydrogen-bond acceptors (Lipinski definition) is 4. The summed E-state index contributed by atoms with van der Waals surface area (Å²) in [5, 5.41) is 2.92. The monoisotopic (exact) mass is 445 g/mol. The molecule has 0 saturated heterocycles. The second-order valence-corrected chi connectivity index (χ2v) is 9.69. The topological polar surface area (TPSA) is 69.7 Å². The molecule has 0 aromatic heterocycles. The number of aryl methyl sites for hydroxylation is 2. The molecule has 0 fully saturated rings. The summed E-state index contributed by atoms with van der Waals surface area (Å²) in [7, 11) is -3.65. The first-order chi connectivity index (χ1) is 14.6. The molecule has 1 unspecified atom stereocenters. The smallest absolute Gasteiger partial charge is 0.244 e. The molecule has 1 N–H and O–H groups in total. The average molecular weight is 446 g/mol. The maximum Gasteiger partial charge on any atom is 0.244 e. The Bertz CT molecular complexity index is 984. The Morgan fingerprint density at radius 3 is 2.13 bits per heavy atom. The lowest BCUT2D eigenvalue weighted by molar-refractivity contribution is -0.122. The van der Waals surface area contributed by atoms with Gasteiger partial charge in [0.05, 0.1) is 11.9 Å². The molecule has 0 radical (unpaired) electrons. The van der Waals surface area contributed by atoms with Gasteiger partial charge in [0.25, 0.3) is 0 Å². The van der Waals surface area contributed by atoms with Crippen LogP contribution in [0.15, 0.2) is 42.5 Å². The first-order valence-corrected chi connectivity index (χ1v) is 12.6. The van der Waals surface area contributed by atoms with Gasteiger partial charge in [-0.1, -0.05) is 31.2 Å². The highest BCUT2D eigenvalue weighted by Crippen LogP contribution is 2.27. The highest BCUT2D eigenvalue weighted by atomic mass is 32.2. The maximum atomic E-state index is 13.0. The van der Waals surface area contributed by atoms with Gasteiger partial charge >= 0.3 is 0 Å². The van der Waals surface area contributed by atoms with Crippen LogP contribution < -0.4 is 14.5 Å². The van der Waals surface area contributed by atoms with Crippen molar-refractivity contribution in [3.8, 4) is 0 Å². The second-order valence-electron chi connectivity index (χ2n) is 7.83. The Hall–Kier alpha value is -2.54. The molecule has 2 aromatic carbocycles. The Balaban J connectivity index is 2.21. The summed E-state index contributed by atoms with van der Waals surface area (Å²) >= 11 is 0. The molecule has 0 bridgehead atoms. The number of nitrogens with one attached hydrogen (secondary N) is 1. The summed E-state index contributed by atoms with van der Waals surface area (Å²) in [6, 6.07) is 12.9. The molecular formula is C24H35N3O3S. The number of anilines is 2. The van der Waals surface area contributed by atoms with E-state index < -0.39 is 16.1 Å². The highest BCUT2D eigenvalue weighted by molar-refractivity contribution is 7.92. The van der Waals surface area contributed by atoms with E-state index in [1.165, 1.54) is 4.31 Å². The molecule has 0 saturated carbocycles. The van der Waals surface area contributed by atoms with Crippen molar-refractivity contribution in [3.05, 3.63) is 59.2 Å². The molecule has 2 aromatic rings. The van der Waals surface area contributed by atoms with Gasteiger partial charge in [-0.2, -0.15) is 0 Å². The SMILES string of the molecule is CCC(C(=O)NCc1ccc(N(CC)CC)cc1)N(c1cc(C)ccc1C)S(C)(=O)=O. The van der Waals surface area contributed by atoms with Gasteiger partial charge in [0.1, 0.15) is 6.04 Å². The van der Waals surface area contributed by atoms with Crippen LogP contribution in [0.3, 0.4) is 0 Å². The third-order valence-corrected chi connectivity index (χ3v) is 6.63. The van der Waals surface area contributed by atoms with Crippen molar-refractivity contribution in [2.75, 3.05) is 28.6 Å². The van der Waals surface area contributed by atoms with Crippen LogP contribution in [-0.2, 0) is 21.4 Å². The van der Waals surface area contributed by atoms with Gasteiger partial charge in [0, 0.05) is 25.3 Å². The summed E-state index contributed by atoms with van der Waals surface area (Å²) in [5.41, 5.74) is 4.42. The number of amides is 1. The van der Waals surface area contributed by atoms with Gasteiger partial charge in [-0.05, 0) is 69.0 Å². The van der Waals surface area contributed by atoms with Crippen molar-refractivity contribution >= 4 is 27.3 Å². The van der Waals surface area contributed by atoms with Crippen LogP contribution in [0.5, 0.6) is 0 Å². The van der Waals surface area contributed by atoms with Gasteiger partial charge in [0.15, 0.2) is 0 Å². The molecule has 0 heterocycles. The van der Waals surface area contributed by atoms with Gasteiger partial charge in [-0.25, -0.2) is 8.42 Å². The number of benzene rings is 2. The van der Waals surface area contributed by atoms with Crippen molar-refractivity contribution in [2.24, 2.45) is 0 Å². The summed E-state index contributed by atoms with van der Waals surface area (Å²) in [6.07, 6.45) is 1.52. The zero-order valence-corrected chi connectivity index (χ0v) is 20.3. The maximum absolute atomic E-state index is 13.0. The predicted molar refractivity (Wildman–Crippen MR) is 129 cm³/mol. The van der Waals surface area contributed by atoms with Crippen LogP contribution in [0.1, 0.15) is 43.9 Å². The number of rotatable bonds is 10. The number of carbonyl (C=O) groups is 1. The van der Waals surface area contributed by atoms with Crippen LogP contribution in [0, 0.1) is 13.8 Å². The minimum absolute atomic E-state index is 0.304. The van der Waals surface area contributed by atoms with Gasteiger partial charge in [0.2, 0.25) is 15.9 Å². The fraction of sp³-hybridized carbons (Fsp3) is 0.458. The van der Waals surface area contributed by atoms with Crippen LogP contribution in [0.4, 0.5) is 11.4 Å². The minimum Gasteiger partial charge on any atom is -0.372 e. The van der Waals surface area contributed by atoms with Crippen LogP contribution in [0.25, 0.3) is 0 Å². The minimum atomic E-state index is -3.65. The van der Waals surface area contributed by atoms with Crippen molar-refractivity contribution in [3.63, 3.8) is 0 Å². The van der Waals surface area contributed by atoms with Crippen LogP contribution in [-0.4, -0.2) is 39.7 Å². The van der Waals surface area contributed by atoms with E-state index in [2.05, 4.69) is 24.1 Å². The average Bonchev–Trinajstić information content (AvgIpc) is 2.73. The Morgan fingerprint density at radius 2 is 1.61 bits per heavy atom. The Morgan fingerprint density at radius 1 is 1.00 bits per heavy atom. The summed E-state index contributed by atoms with van der Waals surface area (Å²) < 4.78 is 26.6. The lowest BCUT2D eigenvalue weighted by atomic mass is 10.1. The van der Waals surface area contributed by atoms with Crippen molar-refractivity contribution in [1.29, 1.82) is 0 Å². The fourth-order valence-corrected chi connectivity index (χ4v) is 4.97. The van der Waals surface area contributed by atoms with Gasteiger partial charge in [-0.15, -0.1) is 0 Å². The molecular weight excluding hydrogens is 410 g/mol. The highest BCUT2D eigenvalue weighted by Gasteiger charge is 2.32. The summed E-state index contributed by atoms with van der Waals surface area (Å²) in [5.74, 6) is -0.304. The van der Waals surface area contributed by atoms with Crippen molar-refractivity contribution in [2.45, 2.75) is 53.6 Å². The van der Waals surface area contributed by atoms with E-state index in [1.54, 1.807) is 0 Å². The molecule has 2 rings (SSSR count). The quantitative estimate of drug-likeness (QED) is 0.600. The fourth-order valence-electron chi connectivity index (χ4n) is 3.71. The molecule has 1 atom stereocenters. The number of sulfonamides is 1. The zero-order chi connectivity index (χ0) is 23.2. The normalized spacial score (nSPS) is 12.3. The standard InChI is InChI=1S/C24H35N3O3S/c1-7-22(27(31(6,29)30)23-16-18(4)10-11-19(23)5)24(28)25-17-20-12-14-21(15-13-20)26(8-2)9-3/h10-16,22H,7-9,17H2,1-6H3,(H,25,28). The Labute approximate surface area is 187 Å². The lowest BCUT2D eigenvalue weighted by Crippen LogP contribution is -2.49. The number of hydrogen-bond donors (Lipinski definition) is 1. The molecule has 7 heteroatoms. The van der Waals surface area contributed by atoms with E-state index in [-0.39, 0.29) is 5.91 Å². The third-order valence-electron chi connectivity index (χ3n) is 5.46. The second kappa shape index (κ2) is 10.7. The number of carbonyl (C=O) groups excluding carboxylic acids is 1. The van der Waals surface area contributed by atoms with Crippen molar-refractivity contribution < 1.29 is 13.2 Å². The number of nitrogens with zero attached hydrogens (tertiary/aromatic N) is 2. The zero-order valence-electron chi connectivity index (χ0n) is 19.5. The molecule has 0 aliphatic carbocycles. The van der Waals surface area contributed by atoms with Gasteiger partial charge < -0.3 is 10.2 Å². The molecule has 0 aliphatic rings. The van der Waals surface area contributed by atoms with Gasteiger partial charge in [-0.3, -0.25) is 9.10 Å². The summed E-state index contributed by atoms with van der Waals surface area (Å²) in [6.45, 7) is 12.0. The molecule has 6 nitrogen and oxygen atoms in total. The largest absolute Gasteiger partial charge is 0.372 e. The third kappa shape index (κ3) is 6.23. The lowest BCUT2D eigenvalue weighted by Gasteiger charge is -2.31. The first kappa shape index (κ1) is 24.7. The molecule has 170 valence electrons. The molecule has 1 amide bonds. The molecule has 0 spiro atoms. The van der Waals surface area contributed by atoms with Crippen LogP contribution in [0.2, 0.25) is 0 Å². The Kier molecular flexibility index (Phi) is 8.51. The van der Waals surface area contributed by atoms with E-state index in [0.29, 0.717) is 18.7 Å². The first-order valence-electron chi connectivity index (χ1n) is 10.8. The van der Waals surface area contributed by atoms with E-state index in [4.69, 9.17) is 0 Å². The van der Waals surface area contributed by atoms with E-state index in [1.807, 2.05) is 63.2 Å². The molecule has 31 heavy (non-hydrogen) atoms. The van der Waals surface area contributed by atoms with E-state index in [9.17, 15) is 13.2 Å². The molecule has 0 aliphatic heterocycles. The predicted octanol–water partition coefficient (Wildman–Crippen LogP) is 4.01. The van der Waals surface area contributed by atoms with Crippen molar-refractivity contribution in [1.82, 2.24) is 5.32 Å². The summed E-state index contributed by atoms with van der Waals surface area (Å²) in [4.78, 5) is 15.3. The van der Waals surface area contributed by atoms with E-state index in [0.717, 1.165) is 41.7 Å². The van der Waals surface area contributed by atoms with Crippen LogP contribution >= 0.6 is 0 Å².